The highest BCUT2D eigenvalue weighted by atomic mass is 32.1. The number of carbonyl (C=O) groups is 2. The Balaban J connectivity index is 1.71. The molecular weight excluding hydrogens is 392 g/mol. The summed E-state index contributed by atoms with van der Waals surface area (Å²) in [6, 6.07) is 12.5. The molecule has 0 bridgehead atoms. The summed E-state index contributed by atoms with van der Waals surface area (Å²) in [6.07, 6.45) is 0.188. The molecule has 3 aromatic rings. The number of fused-ring (bicyclic) bond motifs is 1. The van der Waals surface area contributed by atoms with Crippen LogP contribution >= 0.6 is 11.3 Å². The van der Waals surface area contributed by atoms with Crippen LogP contribution in [0.15, 0.2) is 42.5 Å². The molecule has 1 aromatic heterocycles. The molecule has 0 radical (unpaired) electrons. The fourth-order valence-corrected chi connectivity index (χ4v) is 3.86. The molecule has 0 atom stereocenters. The number of ether oxygens (including phenoxy) is 2. The van der Waals surface area contributed by atoms with E-state index in [1.807, 2.05) is 38.1 Å². The van der Waals surface area contributed by atoms with E-state index < -0.39 is 5.91 Å². The molecule has 0 fully saturated rings. The van der Waals surface area contributed by atoms with Crippen LogP contribution in [0, 0.1) is 0 Å². The van der Waals surface area contributed by atoms with Gasteiger partial charge in [-0.05, 0) is 55.1 Å². The van der Waals surface area contributed by atoms with E-state index in [-0.39, 0.29) is 12.3 Å². The summed E-state index contributed by atoms with van der Waals surface area (Å²) in [7, 11) is 0. The van der Waals surface area contributed by atoms with Gasteiger partial charge in [-0.1, -0.05) is 12.1 Å². The van der Waals surface area contributed by atoms with Gasteiger partial charge in [-0.15, -0.1) is 11.3 Å². The first-order chi connectivity index (χ1) is 14.0. The van der Waals surface area contributed by atoms with Crippen LogP contribution in [0.25, 0.3) is 10.1 Å². The van der Waals surface area contributed by atoms with E-state index in [1.54, 1.807) is 23.7 Å². The van der Waals surface area contributed by atoms with Crippen LogP contribution in [0.1, 0.15) is 29.1 Å². The first-order valence-corrected chi connectivity index (χ1v) is 10.0. The predicted octanol–water partition coefficient (Wildman–Crippen LogP) is 4.00. The average Bonchev–Trinajstić information content (AvgIpc) is 3.13. The van der Waals surface area contributed by atoms with Gasteiger partial charge in [0, 0.05) is 10.4 Å². The lowest BCUT2D eigenvalue weighted by Gasteiger charge is -2.12. The summed E-state index contributed by atoms with van der Waals surface area (Å²) in [6.45, 7) is 4.84. The number of nitrogens with one attached hydrogen (secondary N) is 2. The summed E-state index contributed by atoms with van der Waals surface area (Å²) >= 11 is 1.24. The van der Waals surface area contributed by atoms with Crippen LogP contribution in [0.2, 0.25) is 0 Å². The Labute approximate surface area is 172 Å². The zero-order chi connectivity index (χ0) is 20.8. The van der Waals surface area contributed by atoms with Gasteiger partial charge >= 0.3 is 0 Å². The molecular formula is C21H22N2O5S. The smallest absolute Gasteiger partial charge is 0.284 e. The van der Waals surface area contributed by atoms with Crippen molar-refractivity contribution in [1.29, 1.82) is 0 Å². The second kappa shape index (κ2) is 9.40. The Morgan fingerprint density at radius 1 is 1.00 bits per heavy atom. The molecule has 0 spiro atoms. The van der Waals surface area contributed by atoms with Crippen LogP contribution < -0.4 is 20.3 Å². The largest absolute Gasteiger partial charge is 0.490 e. The Hall–Kier alpha value is -3.10. The van der Waals surface area contributed by atoms with Crippen molar-refractivity contribution in [2.24, 2.45) is 0 Å². The number of hydrogen-bond donors (Lipinski definition) is 3. The van der Waals surface area contributed by atoms with Crippen molar-refractivity contribution in [2.75, 3.05) is 18.5 Å². The first kappa shape index (κ1) is 20.6. The molecule has 1 heterocycles. The van der Waals surface area contributed by atoms with Gasteiger partial charge in [-0.3, -0.25) is 14.8 Å². The average molecular weight is 414 g/mol. The minimum Gasteiger partial charge on any atom is -0.490 e. The zero-order valence-corrected chi connectivity index (χ0v) is 17.0. The second-order valence-electron chi connectivity index (χ2n) is 6.18. The van der Waals surface area contributed by atoms with E-state index in [1.165, 1.54) is 11.3 Å². The lowest BCUT2D eigenvalue weighted by Crippen LogP contribution is -2.16. The maximum Gasteiger partial charge on any atom is 0.284 e. The highest BCUT2D eigenvalue weighted by molar-refractivity contribution is 7.20. The fourth-order valence-electron chi connectivity index (χ4n) is 2.87. The molecule has 0 aliphatic carbocycles. The number of carbonyl (C=O) groups excluding carboxylic acids is 2. The molecule has 0 unspecified atom stereocenters. The third kappa shape index (κ3) is 5.04. The lowest BCUT2D eigenvalue weighted by atomic mass is 10.1. The summed E-state index contributed by atoms with van der Waals surface area (Å²) < 4.78 is 12.0. The van der Waals surface area contributed by atoms with E-state index >= 15 is 0 Å². The topological polar surface area (TPSA) is 96.9 Å². The molecule has 3 rings (SSSR count). The number of amides is 2. The summed E-state index contributed by atoms with van der Waals surface area (Å²) in [5, 5.41) is 12.5. The number of benzene rings is 2. The molecule has 3 N–H and O–H groups in total. The zero-order valence-electron chi connectivity index (χ0n) is 16.2. The quantitative estimate of drug-likeness (QED) is 0.382. The summed E-state index contributed by atoms with van der Waals surface area (Å²) in [4.78, 5) is 24.4. The molecule has 0 saturated carbocycles. The second-order valence-corrected chi connectivity index (χ2v) is 7.26. The Kier molecular flexibility index (Phi) is 6.69. The van der Waals surface area contributed by atoms with Gasteiger partial charge in [-0.2, -0.15) is 0 Å². The minimum atomic E-state index is -0.558. The van der Waals surface area contributed by atoms with Gasteiger partial charge in [0.2, 0.25) is 5.91 Å². The van der Waals surface area contributed by atoms with Crippen LogP contribution in [0.3, 0.4) is 0 Å². The van der Waals surface area contributed by atoms with Crippen LogP contribution in [-0.2, 0) is 11.2 Å². The van der Waals surface area contributed by atoms with Crippen molar-refractivity contribution in [3.8, 4) is 11.5 Å². The van der Waals surface area contributed by atoms with E-state index in [9.17, 15) is 9.59 Å². The van der Waals surface area contributed by atoms with Crippen molar-refractivity contribution in [2.45, 2.75) is 20.3 Å². The van der Waals surface area contributed by atoms with E-state index in [0.717, 1.165) is 15.6 Å². The normalized spacial score (nSPS) is 10.6. The first-order valence-electron chi connectivity index (χ1n) is 9.20. The third-order valence-electron chi connectivity index (χ3n) is 4.10. The third-order valence-corrected chi connectivity index (χ3v) is 5.20. The summed E-state index contributed by atoms with van der Waals surface area (Å²) in [5.74, 6) is 0.553. The van der Waals surface area contributed by atoms with Crippen molar-refractivity contribution in [3.05, 3.63) is 52.9 Å². The molecule has 152 valence electrons. The van der Waals surface area contributed by atoms with Gasteiger partial charge in [0.1, 0.15) is 0 Å². The van der Waals surface area contributed by atoms with Crippen LogP contribution in [0.5, 0.6) is 11.5 Å². The summed E-state index contributed by atoms with van der Waals surface area (Å²) in [5.41, 5.74) is 3.07. The molecule has 8 heteroatoms. The van der Waals surface area contributed by atoms with Crippen LogP contribution in [0.4, 0.5) is 5.69 Å². The Morgan fingerprint density at radius 3 is 2.48 bits per heavy atom. The van der Waals surface area contributed by atoms with Gasteiger partial charge in [0.25, 0.3) is 5.91 Å². The molecule has 29 heavy (non-hydrogen) atoms. The molecule has 0 saturated heterocycles. The Morgan fingerprint density at radius 2 is 1.76 bits per heavy atom. The van der Waals surface area contributed by atoms with Gasteiger partial charge in [0.05, 0.1) is 24.5 Å². The number of anilines is 1. The van der Waals surface area contributed by atoms with Gasteiger partial charge < -0.3 is 14.8 Å². The standard InChI is InChI=1S/C21H22N2O5S/c1-3-27-16-8-5-13(9-17(16)28-4-2)10-20(24)22-15-7-6-14-11-19(21(25)23-26)29-18(14)12-15/h5-9,11-12,26H,3-4,10H2,1-2H3,(H,22,24)(H,23,25). The van der Waals surface area contributed by atoms with Gasteiger partial charge in [0.15, 0.2) is 11.5 Å². The molecule has 7 nitrogen and oxygen atoms in total. The van der Waals surface area contributed by atoms with Crippen molar-refractivity contribution >= 4 is 38.9 Å². The number of hydroxylamine groups is 1. The molecule has 0 aliphatic heterocycles. The highest BCUT2D eigenvalue weighted by Gasteiger charge is 2.12. The number of thiophene rings is 1. The Bertz CT molecular complexity index is 1030. The van der Waals surface area contributed by atoms with Crippen molar-refractivity contribution in [3.63, 3.8) is 0 Å². The van der Waals surface area contributed by atoms with Crippen molar-refractivity contribution in [1.82, 2.24) is 5.48 Å². The lowest BCUT2D eigenvalue weighted by molar-refractivity contribution is -0.115. The van der Waals surface area contributed by atoms with Crippen LogP contribution in [-0.4, -0.2) is 30.2 Å². The van der Waals surface area contributed by atoms with Crippen molar-refractivity contribution < 1.29 is 24.3 Å². The minimum absolute atomic E-state index is 0.166. The monoisotopic (exact) mass is 414 g/mol. The fraction of sp³-hybridized carbons (Fsp3) is 0.238. The van der Waals surface area contributed by atoms with Gasteiger partial charge in [-0.25, -0.2) is 5.48 Å². The highest BCUT2D eigenvalue weighted by Crippen LogP contribution is 2.30. The molecule has 0 aliphatic rings. The van der Waals surface area contributed by atoms with E-state index in [0.29, 0.717) is 35.3 Å². The molecule has 2 amide bonds. The SMILES string of the molecule is CCOc1ccc(CC(=O)Nc2ccc3cc(C(=O)NO)sc3c2)cc1OCC. The number of rotatable bonds is 8. The van der Waals surface area contributed by atoms with E-state index in [2.05, 4.69) is 5.32 Å². The maximum atomic E-state index is 12.5. The predicted molar refractivity (Wildman–Crippen MR) is 112 cm³/mol. The maximum absolute atomic E-state index is 12.5. The molecule has 2 aromatic carbocycles. The van der Waals surface area contributed by atoms with E-state index in [4.69, 9.17) is 14.7 Å². The number of hydrogen-bond acceptors (Lipinski definition) is 6.